The molecule has 0 amide bonds. The van der Waals surface area contributed by atoms with Gasteiger partial charge >= 0.3 is 5.97 Å². The molecule has 3 aromatic carbocycles. The van der Waals surface area contributed by atoms with E-state index in [2.05, 4.69) is 0 Å². The van der Waals surface area contributed by atoms with Gasteiger partial charge in [0.05, 0.1) is 0 Å². The number of anilines is 1. The van der Waals surface area contributed by atoms with Gasteiger partial charge in [0.2, 0.25) is 0 Å². The number of carboxylic acids is 1. The fourth-order valence-electron chi connectivity index (χ4n) is 5.42. The number of hydrogen-bond acceptors (Lipinski definition) is 5. The van der Waals surface area contributed by atoms with E-state index in [-0.39, 0.29) is 35.8 Å². The van der Waals surface area contributed by atoms with Gasteiger partial charge in [0, 0.05) is 25.1 Å². The maximum Gasteiger partial charge on any atom is 0.328 e. The van der Waals surface area contributed by atoms with Crippen LogP contribution in [-0.4, -0.2) is 41.5 Å². The summed E-state index contributed by atoms with van der Waals surface area (Å²) >= 11 is 0. The van der Waals surface area contributed by atoms with E-state index in [0.29, 0.717) is 17.5 Å². The zero-order valence-electron chi connectivity index (χ0n) is 21.9. The number of unbranched alkanes of at least 4 members (excludes halogenated alkanes) is 1. The zero-order valence-corrected chi connectivity index (χ0v) is 22.7. The second-order valence-corrected chi connectivity index (χ2v) is 11.9. The number of nitrogens with two attached hydrogens (primary N) is 1. The molecule has 1 atom stereocenters. The zero-order chi connectivity index (χ0) is 27.9. The van der Waals surface area contributed by atoms with Crippen LogP contribution in [0.2, 0.25) is 0 Å². The van der Waals surface area contributed by atoms with Gasteiger partial charge in [0.25, 0.3) is 15.6 Å². The number of carbonyl (C=O) groups is 1. The van der Waals surface area contributed by atoms with Gasteiger partial charge in [-0.25, -0.2) is 13.2 Å². The molecule has 0 saturated heterocycles. The molecule has 0 radical (unpaired) electrons. The minimum atomic E-state index is -4.23. The molecule has 8 nitrogen and oxygen atoms in total. The highest BCUT2D eigenvalue weighted by molar-refractivity contribution is 7.89. The van der Waals surface area contributed by atoms with E-state index in [1.54, 1.807) is 6.07 Å². The normalized spacial score (nSPS) is 16.7. The van der Waals surface area contributed by atoms with Crippen LogP contribution in [0.5, 0.6) is 0 Å². The standard InChI is InChI=1S/C30H31N3O5S/c1-3-4-15-32-18-25(30(35)36)33-28(34)27(31)24(17-21-12-8-11-20-10-5-6-14-23(20)21)26(29(33)39(32,37)38)22-13-7-9-19(2)16-22/h5-14,16,25H,3-4,15,17-18,31H2,1-2H3,(H,35,36). The number of hydrogen-bond donors (Lipinski definition) is 2. The van der Waals surface area contributed by atoms with Crippen LogP contribution >= 0.6 is 0 Å². The van der Waals surface area contributed by atoms with E-state index < -0.39 is 27.6 Å². The number of nitrogens with zero attached hydrogens (tertiary/aromatic N) is 2. The van der Waals surface area contributed by atoms with E-state index in [0.717, 1.165) is 32.9 Å². The molecule has 1 aliphatic heterocycles. The second kappa shape index (κ2) is 10.3. The minimum absolute atomic E-state index is 0.147. The molecule has 2 heterocycles. The van der Waals surface area contributed by atoms with Crippen LogP contribution < -0.4 is 11.3 Å². The Balaban J connectivity index is 1.89. The number of carboxylic acid groups (broad SMARTS) is 1. The molecule has 39 heavy (non-hydrogen) atoms. The summed E-state index contributed by atoms with van der Waals surface area (Å²) in [7, 11) is -4.23. The van der Waals surface area contributed by atoms with Gasteiger partial charge in [0.1, 0.15) is 11.7 Å². The highest BCUT2D eigenvalue weighted by Gasteiger charge is 2.44. The molecule has 0 aliphatic carbocycles. The molecule has 0 bridgehead atoms. The fourth-order valence-corrected chi connectivity index (χ4v) is 7.33. The summed E-state index contributed by atoms with van der Waals surface area (Å²) in [5, 5.41) is 11.8. The number of rotatable bonds is 7. The number of fused-ring (bicyclic) bond motifs is 2. The average molecular weight is 546 g/mol. The van der Waals surface area contributed by atoms with Crippen LogP contribution in [0.15, 0.2) is 76.6 Å². The van der Waals surface area contributed by atoms with Crippen molar-refractivity contribution in [2.75, 3.05) is 18.8 Å². The highest BCUT2D eigenvalue weighted by Crippen LogP contribution is 2.40. The van der Waals surface area contributed by atoms with Gasteiger partial charge in [-0.3, -0.25) is 9.36 Å². The van der Waals surface area contributed by atoms with Crippen molar-refractivity contribution >= 4 is 32.5 Å². The Morgan fingerprint density at radius 3 is 2.51 bits per heavy atom. The topological polar surface area (TPSA) is 123 Å². The lowest BCUT2D eigenvalue weighted by Gasteiger charge is -2.35. The first kappa shape index (κ1) is 26.6. The van der Waals surface area contributed by atoms with E-state index >= 15 is 0 Å². The fraction of sp³-hybridized carbons (Fsp3) is 0.267. The SMILES string of the molecule is CCCCN1CC(C(=O)O)n2c(c(-c3cccc(C)c3)c(Cc3cccc4ccccc34)c(N)c2=O)S1(=O)=O. The average Bonchev–Trinajstić information content (AvgIpc) is 2.91. The quantitative estimate of drug-likeness (QED) is 0.351. The maximum atomic E-state index is 14.2. The molecule has 0 saturated carbocycles. The van der Waals surface area contributed by atoms with Gasteiger partial charge in [-0.05, 0) is 40.8 Å². The molecule has 1 aromatic heterocycles. The van der Waals surface area contributed by atoms with Gasteiger partial charge < -0.3 is 10.8 Å². The summed E-state index contributed by atoms with van der Waals surface area (Å²) in [6.07, 6.45) is 1.49. The van der Waals surface area contributed by atoms with Crippen molar-refractivity contribution in [1.82, 2.24) is 8.87 Å². The van der Waals surface area contributed by atoms with Crippen LogP contribution in [0.1, 0.15) is 42.5 Å². The first-order chi connectivity index (χ1) is 18.6. The van der Waals surface area contributed by atoms with Crippen molar-refractivity contribution in [3.63, 3.8) is 0 Å². The minimum Gasteiger partial charge on any atom is -0.480 e. The first-order valence-corrected chi connectivity index (χ1v) is 14.4. The summed E-state index contributed by atoms with van der Waals surface area (Å²) in [5.41, 5.74) is 8.53. The Kier molecular flexibility index (Phi) is 7.05. The molecular formula is C30H31N3O5S. The maximum absolute atomic E-state index is 14.2. The lowest BCUT2D eigenvalue weighted by atomic mass is 9.92. The Bertz CT molecular complexity index is 1760. The lowest BCUT2D eigenvalue weighted by molar-refractivity contribution is -0.141. The van der Waals surface area contributed by atoms with Crippen LogP contribution in [-0.2, 0) is 21.2 Å². The van der Waals surface area contributed by atoms with Gasteiger partial charge in [-0.2, -0.15) is 4.31 Å². The molecule has 5 rings (SSSR count). The largest absolute Gasteiger partial charge is 0.480 e. The Morgan fingerprint density at radius 1 is 1.08 bits per heavy atom. The summed E-state index contributed by atoms with van der Waals surface area (Å²) in [6, 6.07) is 19.6. The van der Waals surface area contributed by atoms with Crippen molar-refractivity contribution in [3.05, 3.63) is 93.8 Å². The van der Waals surface area contributed by atoms with Crippen molar-refractivity contribution in [1.29, 1.82) is 0 Å². The molecule has 1 aliphatic rings. The van der Waals surface area contributed by atoms with Gasteiger partial charge in [0.15, 0.2) is 5.03 Å². The number of aromatic nitrogens is 1. The van der Waals surface area contributed by atoms with Crippen molar-refractivity contribution in [2.45, 2.75) is 44.2 Å². The number of sulfonamides is 1. The number of aliphatic carboxylic acids is 1. The third-order valence-electron chi connectivity index (χ3n) is 7.38. The summed E-state index contributed by atoms with van der Waals surface area (Å²) in [6.45, 7) is 3.65. The molecule has 1 unspecified atom stereocenters. The number of aryl methyl sites for hydroxylation is 1. The Hall–Kier alpha value is -3.95. The smallest absolute Gasteiger partial charge is 0.328 e. The van der Waals surface area contributed by atoms with Crippen LogP contribution in [0.25, 0.3) is 21.9 Å². The van der Waals surface area contributed by atoms with Crippen molar-refractivity contribution in [2.24, 2.45) is 0 Å². The summed E-state index contributed by atoms with van der Waals surface area (Å²) < 4.78 is 30.4. The monoisotopic (exact) mass is 545 g/mol. The molecular weight excluding hydrogens is 514 g/mol. The highest BCUT2D eigenvalue weighted by atomic mass is 32.2. The van der Waals surface area contributed by atoms with Crippen molar-refractivity contribution < 1.29 is 18.3 Å². The molecule has 9 heteroatoms. The Morgan fingerprint density at radius 2 is 1.79 bits per heavy atom. The van der Waals surface area contributed by atoms with Crippen LogP contribution in [0, 0.1) is 6.92 Å². The van der Waals surface area contributed by atoms with Gasteiger partial charge in [-0.15, -0.1) is 0 Å². The van der Waals surface area contributed by atoms with E-state index in [1.807, 2.05) is 74.5 Å². The van der Waals surface area contributed by atoms with E-state index in [4.69, 9.17) is 5.73 Å². The number of nitrogen functional groups attached to an aromatic ring is 1. The number of pyridine rings is 1. The Labute approximate surface area is 227 Å². The second-order valence-electron chi connectivity index (χ2n) is 10.0. The molecule has 3 N–H and O–H groups in total. The van der Waals surface area contributed by atoms with Gasteiger partial charge in [-0.1, -0.05) is 85.6 Å². The predicted octanol–water partition coefficient (Wildman–Crippen LogP) is 4.58. The third kappa shape index (κ3) is 4.62. The molecule has 0 fully saturated rings. The number of benzene rings is 3. The lowest BCUT2D eigenvalue weighted by Crippen LogP contribution is -2.50. The third-order valence-corrected chi connectivity index (χ3v) is 9.28. The molecule has 0 spiro atoms. The van der Waals surface area contributed by atoms with Crippen LogP contribution in [0.4, 0.5) is 5.69 Å². The first-order valence-electron chi connectivity index (χ1n) is 13.0. The summed E-state index contributed by atoms with van der Waals surface area (Å²) in [5.74, 6) is -1.29. The summed E-state index contributed by atoms with van der Waals surface area (Å²) in [4.78, 5) is 26.2. The van der Waals surface area contributed by atoms with E-state index in [9.17, 15) is 23.1 Å². The molecule has 202 valence electrons. The molecule has 4 aromatic rings. The predicted molar refractivity (Wildman–Crippen MR) is 152 cm³/mol. The van der Waals surface area contributed by atoms with Crippen molar-refractivity contribution in [3.8, 4) is 11.1 Å². The van der Waals surface area contributed by atoms with Crippen LogP contribution in [0.3, 0.4) is 0 Å². The van der Waals surface area contributed by atoms with E-state index in [1.165, 1.54) is 4.31 Å².